The third kappa shape index (κ3) is 4.10. The Bertz CT molecular complexity index is 402. The molecule has 0 bridgehead atoms. The van der Waals surface area contributed by atoms with E-state index in [1.807, 2.05) is 0 Å². The van der Waals surface area contributed by atoms with Crippen molar-refractivity contribution in [3.8, 4) is 0 Å². The molecule has 5 nitrogen and oxygen atoms in total. The number of aliphatic carboxylic acids is 1. The van der Waals surface area contributed by atoms with Crippen LogP contribution < -0.4 is 0 Å². The van der Waals surface area contributed by atoms with E-state index in [1.54, 1.807) is 12.1 Å². The predicted octanol–water partition coefficient (Wildman–Crippen LogP) is 1.22. The molecule has 16 heavy (non-hydrogen) atoms. The molecule has 0 fully saturated rings. The van der Waals surface area contributed by atoms with E-state index < -0.39 is 5.97 Å². The fourth-order valence-corrected chi connectivity index (χ4v) is 1.06. The van der Waals surface area contributed by atoms with E-state index in [-0.39, 0.29) is 25.2 Å². The van der Waals surface area contributed by atoms with Gasteiger partial charge in [-0.25, -0.2) is 0 Å². The van der Waals surface area contributed by atoms with E-state index in [1.165, 1.54) is 12.2 Å². The number of carbonyl (C=O) groups is 2. The SMILES string of the molecule is O=C(O)CCC(=O)C=Cc1ccc(CO)o1. The summed E-state index contributed by atoms with van der Waals surface area (Å²) in [6, 6.07) is 3.22. The predicted molar refractivity (Wildman–Crippen MR) is 55.5 cm³/mol. The summed E-state index contributed by atoms with van der Waals surface area (Å²) in [4.78, 5) is 21.4. The van der Waals surface area contributed by atoms with Crippen molar-refractivity contribution in [2.45, 2.75) is 19.4 Å². The normalized spacial score (nSPS) is 10.8. The number of rotatable bonds is 6. The second-order valence-corrected chi connectivity index (χ2v) is 3.16. The summed E-state index contributed by atoms with van der Waals surface area (Å²) < 4.78 is 5.10. The first-order valence-electron chi connectivity index (χ1n) is 4.74. The molecule has 0 atom stereocenters. The topological polar surface area (TPSA) is 87.7 Å². The van der Waals surface area contributed by atoms with E-state index in [0.717, 1.165) is 0 Å². The van der Waals surface area contributed by atoms with E-state index in [9.17, 15) is 9.59 Å². The van der Waals surface area contributed by atoms with Crippen LogP contribution in [0.5, 0.6) is 0 Å². The summed E-state index contributed by atoms with van der Waals surface area (Å²) in [5, 5.41) is 17.1. The van der Waals surface area contributed by atoms with Gasteiger partial charge >= 0.3 is 5.97 Å². The van der Waals surface area contributed by atoms with Gasteiger partial charge < -0.3 is 14.6 Å². The number of aliphatic hydroxyl groups excluding tert-OH is 1. The van der Waals surface area contributed by atoms with Gasteiger partial charge in [0.2, 0.25) is 0 Å². The van der Waals surface area contributed by atoms with Crippen molar-refractivity contribution in [2.24, 2.45) is 0 Å². The Balaban J connectivity index is 2.46. The maximum absolute atomic E-state index is 11.2. The van der Waals surface area contributed by atoms with Gasteiger partial charge in [0.05, 0.1) is 6.42 Å². The van der Waals surface area contributed by atoms with Crippen molar-refractivity contribution in [3.63, 3.8) is 0 Å². The van der Waals surface area contributed by atoms with Crippen LogP contribution in [0.15, 0.2) is 22.6 Å². The van der Waals surface area contributed by atoms with Crippen molar-refractivity contribution < 1.29 is 24.2 Å². The van der Waals surface area contributed by atoms with Gasteiger partial charge in [-0.1, -0.05) is 0 Å². The molecule has 0 saturated carbocycles. The molecule has 0 aromatic carbocycles. The molecule has 1 heterocycles. The highest BCUT2D eigenvalue weighted by Gasteiger charge is 2.02. The maximum Gasteiger partial charge on any atom is 0.303 e. The average Bonchev–Trinajstić information content (AvgIpc) is 2.71. The Labute approximate surface area is 92.0 Å². The van der Waals surface area contributed by atoms with E-state index in [2.05, 4.69) is 0 Å². The molecule has 0 aliphatic carbocycles. The zero-order chi connectivity index (χ0) is 12.0. The first-order valence-corrected chi connectivity index (χ1v) is 4.74. The van der Waals surface area contributed by atoms with Gasteiger partial charge in [0.1, 0.15) is 18.1 Å². The first kappa shape index (κ1) is 12.2. The van der Waals surface area contributed by atoms with Crippen LogP contribution in [0, 0.1) is 0 Å². The van der Waals surface area contributed by atoms with Crippen LogP contribution in [0.25, 0.3) is 6.08 Å². The van der Waals surface area contributed by atoms with Gasteiger partial charge in [-0.2, -0.15) is 0 Å². The number of allylic oxidation sites excluding steroid dienone is 1. The summed E-state index contributed by atoms with van der Waals surface area (Å²) >= 11 is 0. The lowest BCUT2D eigenvalue weighted by Gasteiger charge is -1.90. The summed E-state index contributed by atoms with van der Waals surface area (Å²) in [6.07, 6.45) is 2.51. The van der Waals surface area contributed by atoms with Gasteiger partial charge in [-0.3, -0.25) is 9.59 Å². The number of hydrogen-bond acceptors (Lipinski definition) is 4. The van der Waals surface area contributed by atoms with Crippen LogP contribution in [-0.2, 0) is 16.2 Å². The first-order chi connectivity index (χ1) is 7.61. The molecule has 2 N–H and O–H groups in total. The highest BCUT2D eigenvalue weighted by Crippen LogP contribution is 2.09. The van der Waals surface area contributed by atoms with Crippen molar-refractivity contribution >= 4 is 17.8 Å². The van der Waals surface area contributed by atoms with Crippen LogP contribution in [0.2, 0.25) is 0 Å². The summed E-state index contributed by atoms with van der Waals surface area (Å²) in [5.74, 6) is -0.406. The van der Waals surface area contributed by atoms with E-state index in [4.69, 9.17) is 14.6 Å². The van der Waals surface area contributed by atoms with Crippen LogP contribution in [-0.4, -0.2) is 22.0 Å². The van der Waals surface area contributed by atoms with E-state index >= 15 is 0 Å². The zero-order valence-corrected chi connectivity index (χ0v) is 8.55. The van der Waals surface area contributed by atoms with E-state index in [0.29, 0.717) is 11.5 Å². The summed E-state index contributed by atoms with van der Waals surface area (Å²) in [7, 11) is 0. The number of hydrogen-bond donors (Lipinski definition) is 2. The highest BCUT2D eigenvalue weighted by molar-refractivity contribution is 5.94. The minimum absolute atomic E-state index is 0.0284. The molecule has 0 saturated heterocycles. The zero-order valence-electron chi connectivity index (χ0n) is 8.55. The number of carboxylic acid groups (broad SMARTS) is 1. The molecule has 0 aliphatic heterocycles. The lowest BCUT2D eigenvalue weighted by Crippen LogP contribution is -1.99. The Morgan fingerprint density at radius 1 is 1.31 bits per heavy atom. The Kier molecular flexibility index (Phi) is 4.47. The third-order valence-electron chi connectivity index (χ3n) is 1.86. The van der Waals surface area contributed by atoms with Gasteiger partial charge in [0.15, 0.2) is 5.78 Å². The smallest absolute Gasteiger partial charge is 0.303 e. The van der Waals surface area contributed by atoms with Crippen LogP contribution in [0.3, 0.4) is 0 Å². The van der Waals surface area contributed by atoms with Gasteiger partial charge in [-0.05, 0) is 24.3 Å². The number of carboxylic acids is 1. The molecule has 86 valence electrons. The Morgan fingerprint density at radius 3 is 2.62 bits per heavy atom. The minimum Gasteiger partial charge on any atom is -0.481 e. The molecule has 0 radical (unpaired) electrons. The van der Waals surface area contributed by atoms with Gasteiger partial charge in [0, 0.05) is 6.42 Å². The Hall–Kier alpha value is -1.88. The number of aliphatic hydroxyl groups is 1. The number of carbonyl (C=O) groups excluding carboxylic acids is 1. The molecule has 1 aromatic heterocycles. The molecule has 0 aliphatic rings. The lowest BCUT2D eigenvalue weighted by molar-refractivity contribution is -0.138. The molecular weight excluding hydrogens is 212 g/mol. The second kappa shape index (κ2) is 5.87. The Morgan fingerprint density at radius 2 is 2.06 bits per heavy atom. The van der Waals surface area contributed by atoms with Gasteiger partial charge in [0.25, 0.3) is 0 Å². The third-order valence-corrected chi connectivity index (χ3v) is 1.86. The van der Waals surface area contributed by atoms with Crippen LogP contribution in [0.1, 0.15) is 24.4 Å². The maximum atomic E-state index is 11.2. The molecular formula is C11H12O5. The average molecular weight is 224 g/mol. The van der Waals surface area contributed by atoms with Crippen molar-refractivity contribution in [3.05, 3.63) is 29.7 Å². The highest BCUT2D eigenvalue weighted by atomic mass is 16.4. The van der Waals surface area contributed by atoms with Crippen molar-refractivity contribution in [1.29, 1.82) is 0 Å². The molecule has 0 amide bonds. The van der Waals surface area contributed by atoms with Crippen molar-refractivity contribution in [2.75, 3.05) is 0 Å². The standard InChI is InChI=1S/C11H12O5/c12-7-10-5-4-9(16-10)3-1-8(13)2-6-11(14)15/h1,3-5,12H,2,6-7H2,(H,14,15). The fraction of sp³-hybridized carbons (Fsp3) is 0.273. The van der Waals surface area contributed by atoms with Gasteiger partial charge in [-0.15, -0.1) is 0 Å². The van der Waals surface area contributed by atoms with Crippen LogP contribution in [0.4, 0.5) is 0 Å². The number of ketones is 1. The molecule has 0 unspecified atom stereocenters. The van der Waals surface area contributed by atoms with Crippen LogP contribution >= 0.6 is 0 Å². The van der Waals surface area contributed by atoms with Crippen molar-refractivity contribution in [1.82, 2.24) is 0 Å². The quantitative estimate of drug-likeness (QED) is 0.709. The number of furan rings is 1. The molecule has 0 spiro atoms. The molecule has 1 rings (SSSR count). The monoisotopic (exact) mass is 224 g/mol. The fourth-order valence-electron chi connectivity index (χ4n) is 1.06. The summed E-state index contributed by atoms with van der Waals surface area (Å²) in [5.41, 5.74) is 0. The minimum atomic E-state index is -0.998. The largest absolute Gasteiger partial charge is 0.481 e. The molecule has 5 heteroatoms. The molecule has 1 aromatic rings. The summed E-state index contributed by atoms with van der Waals surface area (Å²) in [6.45, 7) is -0.194. The second-order valence-electron chi connectivity index (χ2n) is 3.16. The lowest BCUT2D eigenvalue weighted by atomic mass is 10.2.